The summed E-state index contributed by atoms with van der Waals surface area (Å²) >= 11 is 1.45. The van der Waals surface area contributed by atoms with Crippen LogP contribution in [-0.2, 0) is 0 Å². The number of furan rings is 1. The quantitative estimate of drug-likeness (QED) is 0.375. The van der Waals surface area contributed by atoms with E-state index in [9.17, 15) is 9.18 Å². The van der Waals surface area contributed by atoms with Crippen LogP contribution in [0.4, 0.5) is 15.2 Å². The number of nitrogens with one attached hydrogen (secondary N) is 2. The number of halogens is 1. The number of rotatable bonds is 6. The molecule has 0 bridgehead atoms. The third kappa shape index (κ3) is 4.36. The summed E-state index contributed by atoms with van der Waals surface area (Å²) in [4.78, 5) is 18.2. The Labute approximate surface area is 184 Å². The van der Waals surface area contributed by atoms with Crippen molar-refractivity contribution in [2.24, 2.45) is 0 Å². The molecule has 31 heavy (non-hydrogen) atoms. The minimum Gasteiger partial charge on any atom is -0.459 e. The summed E-state index contributed by atoms with van der Waals surface area (Å²) in [6.45, 7) is 5.86. The van der Waals surface area contributed by atoms with Crippen molar-refractivity contribution in [1.82, 2.24) is 4.98 Å². The number of benzene rings is 1. The molecule has 3 aromatic heterocycles. The molecule has 0 aliphatic heterocycles. The van der Waals surface area contributed by atoms with E-state index in [1.165, 1.54) is 23.7 Å². The van der Waals surface area contributed by atoms with Gasteiger partial charge in [-0.2, -0.15) is 0 Å². The molecule has 0 radical (unpaired) electrons. The second-order valence-electron chi connectivity index (χ2n) is 7.22. The minimum absolute atomic E-state index is 0.213. The number of aromatic nitrogens is 1. The number of amides is 1. The zero-order chi connectivity index (χ0) is 22.0. The number of thiophene rings is 1. The summed E-state index contributed by atoms with van der Waals surface area (Å²) in [6.07, 6.45) is 1.45. The number of pyridine rings is 1. The highest BCUT2D eigenvalue weighted by Crippen LogP contribution is 2.41. The van der Waals surface area contributed by atoms with Crippen LogP contribution in [0.2, 0.25) is 0 Å². The lowest BCUT2D eigenvalue weighted by Crippen LogP contribution is -2.18. The molecule has 1 amide bonds. The molecular weight excluding hydrogens is 413 g/mol. The standard InChI is InChI=1S/C24H22FN3O2S/c1-14-8-6-12-20(26-14)27-22(17-9-4-5-10-18(17)25)21-15(2)16(3)31-24(21)28-23(29)19-11-7-13-30-19/h4-13,22H,1-3H3,(H,26,27)(H,28,29). The van der Waals surface area contributed by atoms with E-state index >= 15 is 0 Å². The summed E-state index contributed by atoms with van der Waals surface area (Å²) in [5.41, 5.74) is 3.10. The van der Waals surface area contributed by atoms with Crippen molar-refractivity contribution in [1.29, 1.82) is 0 Å². The summed E-state index contributed by atoms with van der Waals surface area (Å²) in [5.74, 6) is 0.151. The maximum atomic E-state index is 14.9. The predicted molar refractivity (Wildman–Crippen MR) is 121 cm³/mol. The molecule has 158 valence electrons. The maximum absolute atomic E-state index is 14.9. The summed E-state index contributed by atoms with van der Waals surface area (Å²) in [7, 11) is 0. The molecule has 3 heterocycles. The van der Waals surface area contributed by atoms with Gasteiger partial charge >= 0.3 is 0 Å². The molecule has 5 nitrogen and oxygen atoms in total. The predicted octanol–water partition coefficient (Wildman–Crippen LogP) is 6.25. The first-order valence-corrected chi connectivity index (χ1v) is 10.6. The Bertz CT molecular complexity index is 1220. The van der Waals surface area contributed by atoms with Gasteiger partial charge in [0.15, 0.2) is 5.76 Å². The van der Waals surface area contributed by atoms with E-state index in [4.69, 9.17) is 4.42 Å². The summed E-state index contributed by atoms with van der Waals surface area (Å²) in [6, 6.07) is 15.0. The third-order valence-electron chi connectivity index (χ3n) is 5.09. The molecule has 0 fully saturated rings. The number of hydrogen-bond donors (Lipinski definition) is 2. The molecule has 4 aromatic rings. The van der Waals surface area contributed by atoms with Crippen LogP contribution < -0.4 is 10.6 Å². The molecule has 0 spiro atoms. The molecular formula is C24H22FN3O2S. The van der Waals surface area contributed by atoms with Crippen molar-refractivity contribution in [3.8, 4) is 0 Å². The molecule has 2 N–H and O–H groups in total. The fourth-order valence-electron chi connectivity index (χ4n) is 3.44. The average molecular weight is 436 g/mol. The van der Waals surface area contributed by atoms with Gasteiger partial charge in [0.1, 0.15) is 16.6 Å². The van der Waals surface area contributed by atoms with Crippen molar-refractivity contribution in [3.05, 3.63) is 99.7 Å². The Kier molecular flexibility index (Phi) is 5.86. The Morgan fingerprint density at radius 1 is 1.06 bits per heavy atom. The number of nitrogens with zero attached hydrogens (tertiary/aromatic N) is 1. The Morgan fingerprint density at radius 2 is 1.87 bits per heavy atom. The minimum atomic E-state index is -0.549. The Hall–Kier alpha value is -3.45. The average Bonchev–Trinajstić information content (AvgIpc) is 3.36. The van der Waals surface area contributed by atoms with Gasteiger partial charge in [-0.1, -0.05) is 24.3 Å². The molecule has 0 aliphatic rings. The van der Waals surface area contributed by atoms with Crippen LogP contribution in [0, 0.1) is 26.6 Å². The van der Waals surface area contributed by atoms with Crippen LogP contribution >= 0.6 is 11.3 Å². The van der Waals surface area contributed by atoms with Crippen molar-refractivity contribution >= 4 is 28.1 Å². The molecule has 7 heteroatoms. The van der Waals surface area contributed by atoms with E-state index in [1.807, 2.05) is 39.0 Å². The first kappa shape index (κ1) is 20.8. The lowest BCUT2D eigenvalue weighted by Gasteiger charge is -2.23. The maximum Gasteiger partial charge on any atom is 0.291 e. The lowest BCUT2D eigenvalue weighted by atomic mass is 9.96. The number of carbonyl (C=O) groups excluding carboxylic acids is 1. The van der Waals surface area contributed by atoms with Crippen LogP contribution in [0.5, 0.6) is 0 Å². The van der Waals surface area contributed by atoms with Crippen LogP contribution in [-0.4, -0.2) is 10.9 Å². The monoisotopic (exact) mass is 435 g/mol. The number of hydrogen-bond acceptors (Lipinski definition) is 5. The van der Waals surface area contributed by atoms with Crippen LogP contribution in [0.3, 0.4) is 0 Å². The van der Waals surface area contributed by atoms with Gasteiger partial charge in [0.05, 0.1) is 12.3 Å². The van der Waals surface area contributed by atoms with Crippen LogP contribution in [0.25, 0.3) is 0 Å². The van der Waals surface area contributed by atoms with E-state index in [0.717, 1.165) is 21.7 Å². The van der Waals surface area contributed by atoms with Gasteiger partial charge in [-0.3, -0.25) is 4.79 Å². The highest BCUT2D eigenvalue weighted by Gasteiger charge is 2.27. The summed E-state index contributed by atoms with van der Waals surface area (Å²) < 4.78 is 20.1. The fourth-order valence-corrected chi connectivity index (χ4v) is 4.54. The number of aryl methyl sites for hydroxylation is 2. The number of carbonyl (C=O) groups is 1. The first-order valence-electron chi connectivity index (χ1n) is 9.83. The topological polar surface area (TPSA) is 67.2 Å². The molecule has 1 aromatic carbocycles. The largest absolute Gasteiger partial charge is 0.459 e. The van der Waals surface area contributed by atoms with Gasteiger partial charge in [-0.05, 0) is 56.7 Å². The second kappa shape index (κ2) is 8.73. The van der Waals surface area contributed by atoms with E-state index in [1.54, 1.807) is 30.3 Å². The zero-order valence-corrected chi connectivity index (χ0v) is 18.2. The van der Waals surface area contributed by atoms with Crippen molar-refractivity contribution < 1.29 is 13.6 Å². The highest BCUT2D eigenvalue weighted by molar-refractivity contribution is 7.16. The van der Waals surface area contributed by atoms with Gasteiger partial charge in [-0.25, -0.2) is 9.37 Å². The molecule has 1 unspecified atom stereocenters. The lowest BCUT2D eigenvalue weighted by molar-refractivity contribution is 0.0997. The van der Waals surface area contributed by atoms with Gasteiger partial charge in [-0.15, -0.1) is 11.3 Å². The fraction of sp³-hybridized carbons (Fsp3) is 0.167. The van der Waals surface area contributed by atoms with Gasteiger partial charge in [0.25, 0.3) is 5.91 Å². The van der Waals surface area contributed by atoms with E-state index in [-0.39, 0.29) is 17.5 Å². The van der Waals surface area contributed by atoms with Gasteiger partial charge in [0, 0.05) is 21.7 Å². The van der Waals surface area contributed by atoms with Gasteiger partial charge in [0.2, 0.25) is 0 Å². The zero-order valence-electron chi connectivity index (χ0n) is 17.4. The highest BCUT2D eigenvalue weighted by atomic mass is 32.1. The third-order valence-corrected chi connectivity index (χ3v) is 6.23. The van der Waals surface area contributed by atoms with Crippen molar-refractivity contribution in [3.63, 3.8) is 0 Å². The Balaban J connectivity index is 1.81. The van der Waals surface area contributed by atoms with Crippen molar-refractivity contribution in [2.75, 3.05) is 10.6 Å². The molecule has 0 aliphatic carbocycles. The number of anilines is 2. The second-order valence-corrected chi connectivity index (χ2v) is 8.45. The van der Waals surface area contributed by atoms with Gasteiger partial charge < -0.3 is 15.1 Å². The molecule has 4 rings (SSSR count). The Morgan fingerprint density at radius 3 is 2.58 bits per heavy atom. The van der Waals surface area contributed by atoms with E-state index in [2.05, 4.69) is 15.6 Å². The van der Waals surface area contributed by atoms with Crippen LogP contribution in [0.15, 0.2) is 65.3 Å². The van der Waals surface area contributed by atoms with E-state index in [0.29, 0.717) is 16.4 Å². The van der Waals surface area contributed by atoms with E-state index < -0.39 is 6.04 Å². The summed E-state index contributed by atoms with van der Waals surface area (Å²) in [5, 5.41) is 6.96. The smallest absolute Gasteiger partial charge is 0.291 e. The first-order chi connectivity index (χ1) is 14.9. The van der Waals surface area contributed by atoms with Crippen molar-refractivity contribution in [2.45, 2.75) is 26.8 Å². The SMILES string of the molecule is Cc1cccc(NC(c2ccccc2F)c2c(NC(=O)c3ccco3)sc(C)c2C)n1. The normalized spacial score (nSPS) is 11.9. The molecule has 0 saturated carbocycles. The molecule has 1 atom stereocenters. The van der Waals surface area contributed by atoms with Crippen LogP contribution in [0.1, 0.15) is 43.9 Å². The molecule has 0 saturated heterocycles.